The smallest absolute Gasteiger partial charge is 0.272 e. The Kier molecular flexibility index (Phi) is 3.76. The van der Waals surface area contributed by atoms with Gasteiger partial charge in [-0.1, -0.05) is 29.8 Å². The van der Waals surface area contributed by atoms with Crippen LogP contribution in [0.1, 0.15) is 29.0 Å². The van der Waals surface area contributed by atoms with Crippen molar-refractivity contribution in [2.24, 2.45) is 7.05 Å². The Bertz CT molecular complexity index is 589. The SMILES string of the molecule is CC(NC(=O)c1c(N)cnn1C)c1ccccc1Cl. The molecule has 19 heavy (non-hydrogen) atoms. The number of amides is 1. The van der Waals surface area contributed by atoms with Gasteiger partial charge in [-0.25, -0.2) is 0 Å². The summed E-state index contributed by atoms with van der Waals surface area (Å²) in [6.07, 6.45) is 1.45. The van der Waals surface area contributed by atoms with E-state index in [1.54, 1.807) is 13.1 Å². The first kappa shape index (κ1) is 13.4. The molecule has 0 spiro atoms. The molecule has 2 aromatic rings. The Morgan fingerprint density at radius 2 is 2.16 bits per heavy atom. The largest absolute Gasteiger partial charge is 0.396 e. The molecule has 1 aromatic carbocycles. The molecule has 0 saturated heterocycles. The number of halogens is 1. The van der Waals surface area contributed by atoms with Gasteiger partial charge in [0.15, 0.2) is 0 Å². The number of aromatic nitrogens is 2. The summed E-state index contributed by atoms with van der Waals surface area (Å²) in [4.78, 5) is 12.1. The topological polar surface area (TPSA) is 72.9 Å². The number of hydrogen-bond donors (Lipinski definition) is 2. The fraction of sp³-hybridized carbons (Fsp3) is 0.231. The van der Waals surface area contributed by atoms with Gasteiger partial charge in [0.05, 0.1) is 17.9 Å². The van der Waals surface area contributed by atoms with Crippen LogP contribution in [-0.4, -0.2) is 15.7 Å². The minimum atomic E-state index is -0.273. The number of anilines is 1. The highest BCUT2D eigenvalue weighted by Gasteiger charge is 2.18. The first-order valence-corrected chi connectivity index (χ1v) is 6.21. The van der Waals surface area contributed by atoms with E-state index in [0.29, 0.717) is 16.4 Å². The average Bonchev–Trinajstić information content (AvgIpc) is 2.69. The Hall–Kier alpha value is -2.01. The lowest BCUT2D eigenvalue weighted by Gasteiger charge is -2.16. The molecule has 6 heteroatoms. The molecule has 0 aliphatic rings. The first-order chi connectivity index (χ1) is 9.00. The number of nitrogens with one attached hydrogen (secondary N) is 1. The van der Waals surface area contributed by atoms with Crippen LogP contribution in [0.5, 0.6) is 0 Å². The molecule has 1 unspecified atom stereocenters. The second-order valence-electron chi connectivity index (χ2n) is 4.29. The number of hydrogen-bond acceptors (Lipinski definition) is 3. The molecule has 0 aliphatic carbocycles. The molecule has 0 radical (unpaired) electrons. The molecular formula is C13H15ClN4O. The van der Waals surface area contributed by atoms with Gasteiger partial charge >= 0.3 is 0 Å². The van der Waals surface area contributed by atoms with Gasteiger partial charge in [0.1, 0.15) is 5.69 Å². The molecule has 0 bridgehead atoms. The van der Waals surface area contributed by atoms with Crippen molar-refractivity contribution >= 4 is 23.2 Å². The van der Waals surface area contributed by atoms with Crippen molar-refractivity contribution in [3.8, 4) is 0 Å². The third kappa shape index (κ3) is 2.71. The Morgan fingerprint density at radius 3 is 2.74 bits per heavy atom. The highest BCUT2D eigenvalue weighted by molar-refractivity contribution is 6.31. The fourth-order valence-electron chi connectivity index (χ4n) is 1.90. The predicted molar refractivity (Wildman–Crippen MR) is 75.0 cm³/mol. The third-order valence-corrected chi connectivity index (χ3v) is 3.25. The molecule has 1 aromatic heterocycles. The van der Waals surface area contributed by atoms with E-state index < -0.39 is 0 Å². The molecule has 0 fully saturated rings. The molecular weight excluding hydrogens is 264 g/mol. The zero-order valence-electron chi connectivity index (χ0n) is 10.7. The van der Waals surface area contributed by atoms with Gasteiger partial charge in [0.25, 0.3) is 5.91 Å². The van der Waals surface area contributed by atoms with Crippen molar-refractivity contribution in [3.05, 3.63) is 46.7 Å². The zero-order chi connectivity index (χ0) is 14.0. The number of nitrogens with two attached hydrogens (primary N) is 1. The van der Waals surface area contributed by atoms with Crippen molar-refractivity contribution in [1.82, 2.24) is 15.1 Å². The van der Waals surface area contributed by atoms with Crippen LogP contribution >= 0.6 is 11.6 Å². The van der Waals surface area contributed by atoms with Gasteiger partial charge in [-0.15, -0.1) is 0 Å². The number of rotatable bonds is 3. The van der Waals surface area contributed by atoms with Crippen LogP contribution in [0.2, 0.25) is 5.02 Å². The second kappa shape index (κ2) is 5.32. The van der Waals surface area contributed by atoms with E-state index >= 15 is 0 Å². The maximum atomic E-state index is 12.1. The monoisotopic (exact) mass is 278 g/mol. The van der Waals surface area contributed by atoms with Crippen LogP contribution in [0, 0.1) is 0 Å². The van der Waals surface area contributed by atoms with Crippen molar-refractivity contribution in [2.45, 2.75) is 13.0 Å². The summed E-state index contributed by atoms with van der Waals surface area (Å²) >= 11 is 6.10. The van der Waals surface area contributed by atoms with E-state index in [0.717, 1.165) is 5.56 Å². The highest BCUT2D eigenvalue weighted by Crippen LogP contribution is 2.22. The summed E-state index contributed by atoms with van der Waals surface area (Å²) in [5.74, 6) is -0.273. The molecule has 3 N–H and O–H groups in total. The quantitative estimate of drug-likeness (QED) is 0.903. The standard InChI is InChI=1S/C13H15ClN4O/c1-8(9-5-3-4-6-10(9)14)17-13(19)12-11(15)7-16-18(12)2/h3-8H,15H2,1-2H3,(H,17,19). The molecule has 1 heterocycles. The van der Waals surface area contributed by atoms with Crippen molar-refractivity contribution in [2.75, 3.05) is 5.73 Å². The summed E-state index contributed by atoms with van der Waals surface area (Å²) in [7, 11) is 1.67. The second-order valence-corrected chi connectivity index (χ2v) is 4.70. The van der Waals surface area contributed by atoms with Gasteiger partial charge in [0, 0.05) is 12.1 Å². The minimum Gasteiger partial charge on any atom is -0.396 e. The van der Waals surface area contributed by atoms with E-state index in [1.807, 2.05) is 25.1 Å². The maximum absolute atomic E-state index is 12.1. The molecule has 2 rings (SSSR count). The van der Waals surface area contributed by atoms with E-state index in [9.17, 15) is 4.79 Å². The van der Waals surface area contributed by atoms with Crippen LogP contribution in [-0.2, 0) is 7.05 Å². The van der Waals surface area contributed by atoms with E-state index in [4.69, 9.17) is 17.3 Å². The Morgan fingerprint density at radius 1 is 1.47 bits per heavy atom. The lowest BCUT2D eigenvalue weighted by Crippen LogP contribution is -2.29. The summed E-state index contributed by atoms with van der Waals surface area (Å²) in [6.45, 7) is 1.87. The van der Waals surface area contributed by atoms with Crippen LogP contribution in [0.4, 0.5) is 5.69 Å². The van der Waals surface area contributed by atoms with Crippen LogP contribution < -0.4 is 11.1 Å². The molecule has 0 aliphatic heterocycles. The minimum absolute atomic E-state index is 0.213. The number of nitrogens with zero attached hydrogens (tertiary/aromatic N) is 2. The third-order valence-electron chi connectivity index (χ3n) is 2.90. The van der Waals surface area contributed by atoms with Crippen molar-refractivity contribution < 1.29 is 4.79 Å². The summed E-state index contributed by atoms with van der Waals surface area (Å²) < 4.78 is 1.45. The molecule has 0 saturated carbocycles. The lowest BCUT2D eigenvalue weighted by atomic mass is 10.1. The van der Waals surface area contributed by atoms with Crippen LogP contribution in [0.3, 0.4) is 0 Å². The summed E-state index contributed by atoms with van der Waals surface area (Å²) in [5.41, 5.74) is 7.28. The number of nitrogen functional groups attached to an aromatic ring is 1. The number of aryl methyl sites for hydroxylation is 1. The fourth-order valence-corrected chi connectivity index (χ4v) is 2.20. The van der Waals surface area contributed by atoms with Crippen molar-refractivity contribution in [1.29, 1.82) is 0 Å². The normalized spacial score (nSPS) is 12.2. The number of carbonyl (C=O) groups excluding carboxylic acids is 1. The molecule has 5 nitrogen and oxygen atoms in total. The van der Waals surface area contributed by atoms with Crippen LogP contribution in [0.25, 0.3) is 0 Å². The van der Waals surface area contributed by atoms with Gasteiger partial charge in [-0.3, -0.25) is 9.48 Å². The zero-order valence-corrected chi connectivity index (χ0v) is 11.5. The van der Waals surface area contributed by atoms with E-state index in [2.05, 4.69) is 10.4 Å². The highest BCUT2D eigenvalue weighted by atomic mass is 35.5. The summed E-state index contributed by atoms with van der Waals surface area (Å²) in [5, 5.41) is 7.42. The van der Waals surface area contributed by atoms with E-state index in [-0.39, 0.29) is 11.9 Å². The van der Waals surface area contributed by atoms with Gasteiger partial charge < -0.3 is 11.1 Å². The van der Waals surface area contributed by atoms with Crippen LogP contribution in [0.15, 0.2) is 30.5 Å². The predicted octanol–water partition coefficient (Wildman–Crippen LogP) is 2.15. The maximum Gasteiger partial charge on any atom is 0.272 e. The lowest BCUT2D eigenvalue weighted by molar-refractivity contribution is 0.0931. The summed E-state index contributed by atoms with van der Waals surface area (Å²) in [6, 6.07) is 7.18. The van der Waals surface area contributed by atoms with Gasteiger partial charge in [0.2, 0.25) is 0 Å². The van der Waals surface area contributed by atoms with E-state index in [1.165, 1.54) is 10.9 Å². The Balaban J connectivity index is 2.18. The number of benzene rings is 1. The first-order valence-electron chi connectivity index (χ1n) is 5.83. The molecule has 1 atom stereocenters. The van der Waals surface area contributed by atoms with Gasteiger partial charge in [-0.2, -0.15) is 5.10 Å². The van der Waals surface area contributed by atoms with Crippen molar-refractivity contribution in [3.63, 3.8) is 0 Å². The Labute approximate surface area is 116 Å². The molecule has 1 amide bonds. The molecule has 100 valence electrons. The number of carbonyl (C=O) groups is 1. The average molecular weight is 279 g/mol. The van der Waals surface area contributed by atoms with Gasteiger partial charge in [-0.05, 0) is 18.6 Å².